The molecule has 1 saturated carbocycles. The molecule has 26 heavy (non-hydrogen) atoms. The highest BCUT2D eigenvalue weighted by molar-refractivity contribution is 6.36. The summed E-state index contributed by atoms with van der Waals surface area (Å²) in [6.45, 7) is 1.96. The summed E-state index contributed by atoms with van der Waals surface area (Å²) in [7, 11) is 0. The summed E-state index contributed by atoms with van der Waals surface area (Å²) < 4.78 is 21.5. The van der Waals surface area contributed by atoms with Crippen molar-refractivity contribution in [2.45, 2.75) is 38.3 Å². The van der Waals surface area contributed by atoms with Gasteiger partial charge in [-0.25, -0.2) is 9.18 Å². The Balaban J connectivity index is 0.00000243. The van der Waals surface area contributed by atoms with E-state index in [1.807, 2.05) is 6.92 Å². The van der Waals surface area contributed by atoms with Crippen molar-refractivity contribution in [1.29, 1.82) is 0 Å². The third-order valence-electron chi connectivity index (χ3n) is 4.30. The number of aromatic carboxylic acids is 1. The lowest BCUT2D eigenvalue weighted by Crippen LogP contribution is -2.27. The van der Waals surface area contributed by atoms with Gasteiger partial charge in [0.05, 0.1) is 10.9 Å². The van der Waals surface area contributed by atoms with E-state index >= 15 is 0 Å². The minimum absolute atomic E-state index is 0. The third-order valence-corrected chi connectivity index (χ3v) is 4.65. The summed E-state index contributed by atoms with van der Waals surface area (Å²) in [6, 6.07) is 0.753. The van der Waals surface area contributed by atoms with E-state index in [0.717, 1.165) is 18.9 Å². The number of halogens is 3. The van der Waals surface area contributed by atoms with Gasteiger partial charge in [0.2, 0.25) is 5.43 Å². The zero-order valence-corrected chi connectivity index (χ0v) is 15.6. The maximum atomic E-state index is 14.5. The molecule has 3 rings (SSSR count). The average Bonchev–Trinajstić information content (AvgIpc) is 3.39. The zero-order valence-electron chi connectivity index (χ0n) is 14.0. The average molecular weight is 405 g/mol. The molecule has 2 aromatic rings. The van der Waals surface area contributed by atoms with Crippen molar-refractivity contribution in [2.24, 2.45) is 5.73 Å². The SMILES string of the molecule is CCC(N)COc1c(F)cc2c(=O)c(C(=O)O)cn(C3CC3)c2c1Cl.Cl. The van der Waals surface area contributed by atoms with Crippen LogP contribution in [0.25, 0.3) is 10.9 Å². The number of ether oxygens (including phenoxy) is 1. The van der Waals surface area contributed by atoms with E-state index in [1.54, 1.807) is 4.57 Å². The summed E-state index contributed by atoms with van der Waals surface area (Å²) in [5, 5.41) is 9.13. The Bertz CT molecular complexity index is 912. The lowest BCUT2D eigenvalue weighted by Gasteiger charge is -2.17. The number of nitrogens with two attached hydrogens (primary N) is 1. The molecule has 0 spiro atoms. The Kier molecular flexibility index (Phi) is 6.16. The molecule has 1 unspecified atom stereocenters. The predicted molar refractivity (Wildman–Crippen MR) is 99.4 cm³/mol. The van der Waals surface area contributed by atoms with E-state index in [2.05, 4.69) is 0 Å². The van der Waals surface area contributed by atoms with Gasteiger partial charge in [0.25, 0.3) is 0 Å². The number of pyridine rings is 1. The van der Waals surface area contributed by atoms with Gasteiger partial charge in [-0.3, -0.25) is 4.79 Å². The largest absolute Gasteiger partial charge is 0.487 e. The van der Waals surface area contributed by atoms with E-state index < -0.39 is 22.8 Å². The highest BCUT2D eigenvalue weighted by Gasteiger charge is 2.29. The fourth-order valence-corrected chi connectivity index (χ4v) is 3.00. The molecule has 0 aliphatic heterocycles. The number of hydrogen-bond donors (Lipinski definition) is 2. The highest BCUT2D eigenvalue weighted by atomic mass is 35.5. The molecule has 142 valence electrons. The van der Waals surface area contributed by atoms with Crippen LogP contribution >= 0.6 is 24.0 Å². The van der Waals surface area contributed by atoms with Crippen LogP contribution in [-0.2, 0) is 0 Å². The fraction of sp³-hybridized carbons (Fsp3) is 0.412. The maximum Gasteiger partial charge on any atom is 0.341 e. The van der Waals surface area contributed by atoms with E-state index in [0.29, 0.717) is 11.9 Å². The summed E-state index contributed by atoms with van der Waals surface area (Å²) in [5.74, 6) is -2.34. The first-order valence-corrected chi connectivity index (χ1v) is 8.41. The molecule has 0 bridgehead atoms. The van der Waals surface area contributed by atoms with Crippen LogP contribution in [0, 0.1) is 5.82 Å². The monoisotopic (exact) mass is 404 g/mol. The summed E-state index contributed by atoms with van der Waals surface area (Å²) >= 11 is 6.34. The minimum Gasteiger partial charge on any atom is -0.487 e. The number of carboxylic acid groups (broad SMARTS) is 1. The molecule has 0 saturated heterocycles. The third kappa shape index (κ3) is 3.65. The van der Waals surface area contributed by atoms with Crippen LogP contribution in [0.5, 0.6) is 5.75 Å². The molecule has 1 aliphatic carbocycles. The van der Waals surface area contributed by atoms with Gasteiger partial charge in [0, 0.05) is 18.3 Å². The van der Waals surface area contributed by atoms with Crippen molar-refractivity contribution >= 4 is 40.9 Å². The topological polar surface area (TPSA) is 94.6 Å². The second kappa shape index (κ2) is 7.82. The van der Waals surface area contributed by atoms with Crippen molar-refractivity contribution in [1.82, 2.24) is 4.57 Å². The molecule has 1 atom stereocenters. The van der Waals surface area contributed by atoms with Crippen molar-refractivity contribution < 1.29 is 19.0 Å². The van der Waals surface area contributed by atoms with Crippen molar-refractivity contribution in [3.63, 3.8) is 0 Å². The van der Waals surface area contributed by atoms with Gasteiger partial charge in [0.1, 0.15) is 17.2 Å². The number of benzene rings is 1. The summed E-state index contributed by atoms with van der Waals surface area (Å²) in [4.78, 5) is 23.7. The van der Waals surface area contributed by atoms with E-state index in [4.69, 9.17) is 22.1 Å². The Morgan fingerprint density at radius 3 is 2.73 bits per heavy atom. The minimum atomic E-state index is -1.35. The van der Waals surface area contributed by atoms with Crippen LogP contribution in [-0.4, -0.2) is 28.3 Å². The number of hydrogen-bond acceptors (Lipinski definition) is 4. The molecule has 9 heteroatoms. The number of rotatable bonds is 6. The molecule has 0 amide bonds. The standard InChI is InChI=1S/C17H18ClFN2O4.ClH/c1-2-8(20)7-25-16-12(19)5-10-14(13(16)18)21(9-3-4-9)6-11(15(10)22)17(23)24;/h5-6,8-9H,2-4,7,20H2,1H3,(H,23,24);1H. The zero-order chi connectivity index (χ0) is 18.3. The molecule has 0 radical (unpaired) electrons. The summed E-state index contributed by atoms with van der Waals surface area (Å²) in [5.41, 5.74) is 4.91. The molecule has 1 heterocycles. The van der Waals surface area contributed by atoms with E-state index in [-0.39, 0.29) is 47.3 Å². The Morgan fingerprint density at radius 2 is 2.19 bits per heavy atom. The van der Waals surface area contributed by atoms with Crippen LogP contribution < -0.4 is 15.9 Å². The van der Waals surface area contributed by atoms with Crippen molar-refractivity contribution in [2.75, 3.05) is 6.61 Å². The normalized spacial score (nSPS) is 14.8. The molecular formula is C17H19Cl2FN2O4. The Labute approximate surface area is 160 Å². The van der Waals surface area contributed by atoms with E-state index in [9.17, 15) is 19.1 Å². The van der Waals surface area contributed by atoms with Gasteiger partial charge in [-0.1, -0.05) is 18.5 Å². The van der Waals surface area contributed by atoms with Crippen molar-refractivity contribution in [3.05, 3.63) is 38.9 Å². The fourth-order valence-electron chi connectivity index (χ4n) is 2.66. The second-order valence-electron chi connectivity index (χ2n) is 6.19. The smallest absolute Gasteiger partial charge is 0.341 e. The summed E-state index contributed by atoms with van der Waals surface area (Å²) in [6.07, 6.45) is 3.60. The maximum absolute atomic E-state index is 14.5. The van der Waals surface area contributed by atoms with Gasteiger partial charge in [0.15, 0.2) is 11.6 Å². The van der Waals surface area contributed by atoms with Gasteiger partial charge >= 0.3 is 5.97 Å². The predicted octanol–water partition coefficient (Wildman–Crippen LogP) is 3.37. The van der Waals surface area contributed by atoms with Gasteiger partial charge < -0.3 is 20.1 Å². The van der Waals surface area contributed by atoms with Crippen LogP contribution in [0.15, 0.2) is 17.1 Å². The molecule has 1 aromatic carbocycles. The molecule has 3 N–H and O–H groups in total. The molecule has 1 fully saturated rings. The number of carbonyl (C=O) groups is 1. The number of fused-ring (bicyclic) bond motifs is 1. The van der Waals surface area contributed by atoms with Crippen LogP contribution in [0.4, 0.5) is 4.39 Å². The number of aromatic nitrogens is 1. The molecule has 1 aliphatic rings. The lowest BCUT2D eigenvalue weighted by atomic mass is 10.1. The molecular weight excluding hydrogens is 386 g/mol. The van der Waals surface area contributed by atoms with Crippen LogP contribution in [0.2, 0.25) is 5.02 Å². The first-order chi connectivity index (χ1) is 11.8. The van der Waals surface area contributed by atoms with Crippen molar-refractivity contribution in [3.8, 4) is 5.75 Å². The first-order valence-electron chi connectivity index (χ1n) is 8.03. The molecule has 1 aromatic heterocycles. The van der Waals surface area contributed by atoms with Gasteiger partial charge in [-0.2, -0.15) is 0 Å². The highest BCUT2D eigenvalue weighted by Crippen LogP contribution is 2.41. The first kappa shape index (κ1) is 20.5. The number of carboxylic acids is 1. The Hall–Kier alpha value is -1.83. The Morgan fingerprint density at radius 1 is 1.54 bits per heavy atom. The van der Waals surface area contributed by atoms with Gasteiger partial charge in [-0.15, -0.1) is 12.4 Å². The second-order valence-corrected chi connectivity index (χ2v) is 6.57. The molecule has 6 nitrogen and oxygen atoms in total. The van der Waals surface area contributed by atoms with Crippen LogP contribution in [0.3, 0.4) is 0 Å². The lowest BCUT2D eigenvalue weighted by molar-refractivity contribution is 0.0695. The van der Waals surface area contributed by atoms with Crippen LogP contribution in [0.1, 0.15) is 42.6 Å². The number of nitrogens with zero attached hydrogens (tertiary/aromatic N) is 1. The van der Waals surface area contributed by atoms with E-state index in [1.165, 1.54) is 6.20 Å². The van der Waals surface area contributed by atoms with Gasteiger partial charge in [-0.05, 0) is 25.3 Å². The quantitative estimate of drug-likeness (QED) is 0.769.